The molecule has 7 rings (SSSR count). The summed E-state index contributed by atoms with van der Waals surface area (Å²) >= 11 is 0. The minimum atomic E-state index is -1.13. The molecule has 8 nitrogen and oxygen atoms in total. The maximum atomic E-state index is 14.5. The molecular formula is C36H43N3O5. The van der Waals surface area contributed by atoms with Crippen LogP contribution in [-0.4, -0.2) is 52.5 Å². The van der Waals surface area contributed by atoms with E-state index in [4.69, 9.17) is 9.47 Å². The third-order valence-electron chi connectivity index (χ3n) is 10.4. The number of ether oxygens (including phenoxy) is 2. The van der Waals surface area contributed by atoms with Gasteiger partial charge in [-0.1, -0.05) is 81.7 Å². The van der Waals surface area contributed by atoms with Gasteiger partial charge in [-0.2, -0.15) is 0 Å². The summed E-state index contributed by atoms with van der Waals surface area (Å²) in [4.78, 5) is 44.5. The van der Waals surface area contributed by atoms with E-state index >= 15 is 0 Å². The predicted octanol–water partition coefficient (Wildman–Crippen LogP) is 6.13. The molecule has 44 heavy (non-hydrogen) atoms. The molecule has 3 aliphatic heterocycles. The molecule has 2 saturated carbocycles. The monoisotopic (exact) mass is 597 g/mol. The van der Waals surface area contributed by atoms with Gasteiger partial charge < -0.3 is 25.0 Å². The Labute approximate surface area is 259 Å². The zero-order valence-corrected chi connectivity index (χ0v) is 25.3. The molecule has 2 aromatic rings. The van der Waals surface area contributed by atoms with E-state index in [-0.39, 0.29) is 29.8 Å². The first-order chi connectivity index (χ1) is 21.5. The van der Waals surface area contributed by atoms with Gasteiger partial charge in [0.15, 0.2) is 0 Å². The van der Waals surface area contributed by atoms with Gasteiger partial charge in [0.1, 0.15) is 23.1 Å². The summed E-state index contributed by atoms with van der Waals surface area (Å²) in [5, 5.41) is 6.35. The van der Waals surface area contributed by atoms with Crippen molar-refractivity contribution >= 4 is 23.4 Å². The fourth-order valence-electron chi connectivity index (χ4n) is 8.30. The summed E-state index contributed by atoms with van der Waals surface area (Å²) in [6.45, 7) is 0. The molecule has 2 N–H and O–H groups in total. The molecular weight excluding hydrogens is 554 g/mol. The maximum absolute atomic E-state index is 14.5. The van der Waals surface area contributed by atoms with Gasteiger partial charge >= 0.3 is 0 Å². The standard InChI is InChI=1S/C36H43N3O5/c40-33(37-25-18-20-28(21-19-25)43-27-16-10-5-11-17-27)30-29-22-23-36(44-29)31(30)35(42)39(26-14-8-2-1-3-9-15-26)32(36)34(41)38-24-12-6-4-7-13-24/h5,10-11,16-24,26,29-32H,1-4,6-9,12-15H2,(H,37,40)(H,38,41)/t29-,30-,31-,32-,36-/m0/s1. The van der Waals surface area contributed by atoms with Crippen molar-refractivity contribution in [2.45, 2.75) is 107 Å². The highest BCUT2D eigenvalue weighted by Gasteiger charge is 2.73. The summed E-state index contributed by atoms with van der Waals surface area (Å²) in [5.41, 5.74) is -0.511. The Bertz CT molecular complexity index is 1380. The first-order valence-corrected chi connectivity index (χ1v) is 16.7. The van der Waals surface area contributed by atoms with Crippen LogP contribution in [0.2, 0.25) is 0 Å². The van der Waals surface area contributed by atoms with Crippen molar-refractivity contribution in [2.75, 3.05) is 5.32 Å². The first-order valence-electron chi connectivity index (χ1n) is 16.7. The number of anilines is 1. The van der Waals surface area contributed by atoms with E-state index in [0.29, 0.717) is 11.4 Å². The van der Waals surface area contributed by atoms with Crippen LogP contribution in [0.3, 0.4) is 0 Å². The van der Waals surface area contributed by atoms with Gasteiger partial charge in [0.2, 0.25) is 17.7 Å². The lowest BCUT2D eigenvalue weighted by Crippen LogP contribution is -2.58. The third kappa shape index (κ3) is 5.42. The molecule has 2 aromatic carbocycles. The highest BCUT2D eigenvalue weighted by atomic mass is 16.5. The molecule has 0 radical (unpaired) electrons. The summed E-state index contributed by atoms with van der Waals surface area (Å²) in [6, 6.07) is 16.1. The topological polar surface area (TPSA) is 97.0 Å². The molecule has 232 valence electrons. The van der Waals surface area contributed by atoms with Crippen LogP contribution in [0, 0.1) is 11.8 Å². The van der Waals surface area contributed by atoms with Crippen LogP contribution in [0.15, 0.2) is 66.7 Å². The highest BCUT2D eigenvalue weighted by Crippen LogP contribution is 2.56. The second kappa shape index (κ2) is 12.4. The van der Waals surface area contributed by atoms with Gasteiger partial charge in [0.25, 0.3) is 0 Å². The molecule has 3 amide bonds. The zero-order valence-electron chi connectivity index (χ0n) is 25.3. The van der Waals surface area contributed by atoms with Crippen LogP contribution in [0.5, 0.6) is 11.5 Å². The van der Waals surface area contributed by atoms with E-state index in [1.165, 1.54) is 12.8 Å². The molecule has 8 heteroatoms. The Morgan fingerprint density at radius 1 is 0.795 bits per heavy atom. The molecule has 3 heterocycles. The Hall–Kier alpha value is -3.65. The number of fused-ring (bicyclic) bond motifs is 1. The molecule has 4 fully saturated rings. The second-order valence-corrected chi connectivity index (χ2v) is 13.2. The summed E-state index contributed by atoms with van der Waals surface area (Å²) in [5.74, 6) is -0.555. The van der Waals surface area contributed by atoms with Crippen molar-refractivity contribution in [1.82, 2.24) is 10.2 Å². The average molecular weight is 598 g/mol. The lowest BCUT2D eigenvalue weighted by Gasteiger charge is -2.38. The van der Waals surface area contributed by atoms with Gasteiger partial charge in [0, 0.05) is 17.8 Å². The van der Waals surface area contributed by atoms with Crippen molar-refractivity contribution in [3.63, 3.8) is 0 Å². The fraction of sp³-hybridized carbons (Fsp3) is 0.528. The smallest absolute Gasteiger partial charge is 0.246 e. The molecule has 2 aliphatic carbocycles. The van der Waals surface area contributed by atoms with Gasteiger partial charge in [-0.25, -0.2) is 0 Å². The lowest BCUT2D eigenvalue weighted by molar-refractivity contribution is -0.144. The molecule has 0 aromatic heterocycles. The largest absolute Gasteiger partial charge is 0.457 e. The minimum absolute atomic E-state index is 0.0261. The van der Waals surface area contributed by atoms with Crippen molar-refractivity contribution in [3.05, 3.63) is 66.7 Å². The van der Waals surface area contributed by atoms with Gasteiger partial charge in [-0.3, -0.25) is 14.4 Å². The van der Waals surface area contributed by atoms with E-state index in [1.807, 2.05) is 59.5 Å². The average Bonchev–Trinajstić information content (AvgIpc) is 3.66. The number of rotatable bonds is 7. The van der Waals surface area contributed by atoms with Gasteiger partial charge in [-0.05, 0) is 62.1 Å². The Balaban J connectivity index is 1.13. The number of carbonyl (C=O) groups excluding carboxylic acids is 3. The van der Waals surface area contributed by atoms with Crippen LogP contribution < -0.4 is 15.4 Å². The molecule has 2 saturated heterocycles. The van der Waals surface area contributed by atoms with Crippen molar-refractivity contribution in [3.8, 4) is 11.5 Å². The third-order valence-corrected chi connectivity index (χ3v) is 10.4. The first kappa shape index (κ1) is 29.1. The van der Waals surface area contributed by atoms with Crippen molar-refractivity contribution in [1.29, 1.82) is 0 Å². The minimum Gasteiger partial charge on any atom is -0.457 e. The summed E-state index contributed by atoms with van der Waals surface area (Å²) in [6.07, 6.45) is 15.9. The molecule has 1 spiro atoms. The predicted molar refractivity (Wildman–Crippen MR) is 167 cm³/mol. The molecule has 0 unspecified atom stereocenters. The summed E-state index contributed by atoms with van der Waals surface area (Å²) in [7, 11) is 0. The number of likely N-dealkylation sites (tertiary alicyclic amines) is 1. The van der Waals surface area contributed by atoms with E-state index in [0.717, 1.165) is 70.0 Å². The summed E-state index contributed by atoms with van der Waals surface area (Å²) < 4.78 is 12.5. The molecule has 5 atom stereocenters. The van der Waals surface area contributed by atoms with Gasteiger partial charge in [0.05, 0.1) is 17.9 Å². The zero-order chi connectivity index (χ0) is 30.1. The van der Waals surface area contributed by atoms with Gasteiger partial charge in [-0.15, -0.1) is 0 Å². The number of hydrogen-bond donors (Lipinski definition) is 2. The quantitative estimate of drug-likeness (QED) is 0.375. The van der Waals surface area contributed by atoms with Crippen LogP contribution in [0.4, 0.5) is 5.69 Å². The van der Waals surface area contributed by atoms with Crippen LogP contribution in [0.25, 0.3) is 0 Å². The van der Waals surface area contributed by atoms with E-state index in [2.05, 4.69) is 10.6 Å². The fourth-order valence-corrected chi connectivity index (χ4v) is 8.30. The Morgan fingerprint density at radius 2 is 1.43 bits per heavy atom. The number of carbonyl (C=O) groups is 3. The Morgan fingerprint density at radius 3 is 2.16 bits per heavy atom. The number of amides is 3. The van der Waals surface area contributed by atoms with Crippen LogP contribution >= 0.6 is 0 Å². The number of para-hydroxylation sites is 1. The normalized spacial score (nSPS) is 30.5. The number of nitrogens with one attached hydrogen (secondary N) is 2. The lowest BCUT2D eigenvalue weighted by atomic mass is 9.74. The van der Waals surface area contributed by atoms with Crippen LogP contribution in [0.1, 0.15) is 77.0 Å². The number of hydrogen-bond acceptors (Lipinski definition) is 5. The highest BCUT2D eigenvalue weighted by molar-refractivity contribution is 6.03. The second-order valence-electron chi connectivity index (χ2n) is 13.2. The van der Waals surface area contributed by atoms with E-state index in [1.54, 1.807) is 12.1 Å². The van der Waals surface area contributed by atoms with Crippen LogP contribution in [-0.2, 0) is 19.1 Å². The SMILES string of the molecule is O=C(Nc1ccc(Oc2ccccc2)cc1)[C@H]1[C@@H]2C=C[C@]3(O2)[C@@H]1C(=O)N(C1CCCCCCC1)[C@H]3C(=O)NC1CCCCC1. The maximum Gasteiger partial charge on any atom is 0.246 e. The Kier molecular flexibility index (Phi) is 8.19. The van der Waals surface area contributed by atoms with Crippen molar-refractivity contribution in [2.24, 2.45) is 11.8 Å². The van der Waals surface area contributed by atoms with E-state index < -0.39 is 29.6 Å². The molecule has 2 bridgehead atoms. The van der Waals surface area contributed by atoms with E-state index in [9.17, 15) is 14.4 Å². The molecule has 5 aliphatic rings. The van der Waals surface area contributed by atoms with Crippen molar-refractivity contribution < 1.29 is 23.9 Å². The number of benzene rings is 2. The number of nitrogens with zero attached hydrogens (tertiary/aromatic N) is 1.